The van der Waals surface area contributed by atoms with Gasteiger partial charge >= 0.3 is 0 Å². The summed E-state index contributed by atoms with van der Waals surface area (Å²) in [5.74, 6) is -1.01. The second-order valence-electron chi connectivity index (χ2n) is 8.69. The van der Waals surface area contributed by atoms with E-state index in [1.54, 1.807) is 24.3 Å². The van der Waals surface area contributed by atoms with Gasteiger partial charge in [-0.05, 0) is 80.3 Å². The normalized spacial score (nSPS) is 13.5. The molecule has 34 heavy (non-hydrogen) atoms. The topological polar surface area (TPSA) is 78.5 Å². The molecular weight excluding hydrogens is 426 g/mol. The Bertz CT molecular complexity index is 1350. The monoisotopic (exact) mass is 453 g/mol. The third-order valence-electron chi connectivity index (χ3n) is 5.83. The zero-order valence-electron chi connectivity index (χ0n) is 19.9. The quantitative estimate of drug-likeness (QED) is 0.516. The van der Waals surface area contributed by atoms with Gasteiger partial charge in [-0.2, -0.15) is 0 Å². The first-order valence-electron chi connectivity index (χ1n) is 11.1. The molecule has 3 amide bonds. The lowest BCUT2D eigenvalue weighted by Gasteiger charge is -2.16. The number of imide groups is 1. The smallest absolute Gasteiger partial charge is 0.282 e. The van der Waals surface area contributed by atoms with Gasteiger partial charge in [0.2, 0.25) is 5.91 Å². The molecular formula is C28H27N3O3. The highest BCUT2D eigenvalue weighted by Gasteiger charge is 2.40. The summed E-state index contributed by atoms with van der Waals surface area (Å²) in [6.07, 6.45) is 0. The molecule has 1 aliphatic rings. The van der Waals surface area contributed by atoms with Crippen molar-refractivity contribution in [3.8, 4) is 0 Å². The summed E-state index contributed by atoms with van der Waals surface area (Å²) in [6.45, 7) is 9.29. The fraction of sp³-hybridized carbons (Fsp3) is 0.179. The van der Waals surface area contributed by atoms with Gasteiger partial charge in [-0.1, -0.05) is 35.9 Å². The summed E-state index contributed by atoms with van der Waals surface area (Å²) in [5.41, 5.74) is 7.12. The lowest BCUT2D eigenvalue weighted by Crippen LogP contribution is -2.32. The number of anilines is 3. The fourth-order valence-corrected chi connectivity index (χ4v) is 4.13. The molecule has 0 aliphatic carbocycles. The Labute approximate surface area is 199 Å². The summed E-state index contributed by atoms with van der Waals surface area (Å²) in [5, 5.41) is 5.96. The molecule has 1 heterocycles. The highest BCUT2D eigenvalue weighted by molar-refractivity contribution is 6.46. The first-order chi connectivity index (χ1) is 16.2. The highest BCUT2D eigenvalue weighted by Crippen LogP contribution is 2.36. The van der Waals surface area contributed by atoms with Crippen LogP contribution in [0.5, 0.6) is 0 Å². The van der Waals surface area contributed by atoms with Gasteiger partial charge < -0.3 is 10.6 Å². The molecule has 0 saturated heterocycles. The Morgan fingerprint density at radius 3 is 2.06 bits per heavy atom. The number of benzene rings is 3. The standard InChI is InChI=1S/C28H27N3O3/c1-16-7-13-23(19(4)14-16)25-26(30-24-15-17(2)6-8-18(24)3)28(34)31(27(25)33)22-11-9-21(10-12-22)29-20(5)32/h6-15,30H,1-5H3,(H,29,32). The largest absolute Gasteiger partial charge is 0.350 e. The van der Waals surface area contributed by atoms with E-state index in [1.807, 2.05) is 64.1 Å². The van der Waals surface area contributed by atoms with Crippen molar-refractivity contribution >= 4 is 40.4 Å². The molecule has 0 unspecified atom stereocenters. The van der Waals surface area contributed by atoms with Crippen LogP contribution in [0.25, 0.3) is 5.57 Å². The number of hydrogen-bond acceptors (Lipinski definition) is 4. The summed E-state index contributed by atoms with van der Waals surface area (Å²) in [6, 6.07) is 18.4. The molecule has 3 aromatic rings. The molecule has 3 aromatic carbocycles. The molecule has 1 aliphatic heterocycles. The van der Waals surface area contributed by atoms with E-state index in [0.717, 1.165) is 27.9 Å². The maximum atomic E-state index is 13.7. The highest BCUT2D eigenvalue weighted by atomic mass is 16.2. The van der Waals surface area contributed by atoms with Crippen molar-refractivity contribution in [1.82, 2.24) is 0 Å². The van der Waals surface area contributed by atoms with E-state index in [1.165, 1.54) is 11.8 Å². The molecule has 0 spiro atoms. The van der Waals surface area contributed by atoms with Crippen molar-refractivity contribution in [3.63, 3.8) is 0 Å². The Kier molecular flexibility index (Phi) is 6.07. The Hall–Kier alpha value is -4.19. The molecule has 0 saturated carbocycles. The van der Waals surface area contributed by atoms with Crippen molar-refractivity contribution in [2.75, 3.05) is 15.5 Å². The van der Waals surface area contributed by atoms with E-state index in [9.17, 15) is 14.4 Å². The van der Waals surface area contributed by atoms with Crippen LogP contribution in [0.4, 0.5) is 17.1 Å². The molecule has 0 fully saturated rings. The second-order valence-corrected chi connectivity index (χ2v) is 8.69. The summed E-state index contributed by atoms with van der Waals surface area (Å²) in [4.78, 5) is 39.9. The maximum absolute atomic E-state index is 13.7. The van der Waals surface area contributed by atoms with E-state index in [4.69, 9.17) is 0 Å². The van der Waals surface area contributed by atoms with Crippen LogP contribution >= 0.6 is 0 Å². The van der Waals surface area contributed by atoms with Crippen molar-refractivity contribution in [2.45, 2.75) is 34.6 Å². The minimum atomic E-state index is -0.423. The van der Waals surface area contributed by atoms with Gasteiger partial charge in [0.1, 0.15) is 5.70 Å². The predicted molar refractivity (Wildman–Crippen MR) is 136 cm³/mol. The number of carbonyl (C=O) groups is 3. The SMILES string of the molecule is CC(=O)Nc1ccc(N2C(=O)C(Nc3cc(C)ccc3C)=C(c3ccc(C)cc3C)C2=O)cc1. The van der Waals surface area contributed by atoms with Crippen LogP contribution in [-0.2, 0) is 14.4 Å². The molecule has 0 bridgehead atoms. The summed E-state index contributed by atoms with van der Waals surface area (Å²) >= 11 is 0. The van der Waals surface area contributed by atoms with E-state index >= 15 is 0 Å². The number of hydrogen-bond donors (Lipinski definition) is 2. The van der Waals surface area contributed by atoms with Crippen LogP contribution in [0, 0.1) is 27.7 Å². The molecule has 172 valence electrons. The zero-order valence-corrected chi connectivity index (χ0v) is 19.9. The number of aryl methyl sites for hydroxylation is 4. The van der Waals surface area contributed by atoms with Crippen molar-refractivity contribution < 1.29 is 14.4 Å². The van der Waals surface area contributed by atoms with Crippen molar-refractivity contribution in [1.29, 1.82) is 0 Å². The van der Waals surface area contributed by atoms with Crippen LogP contribution in [0.1, 0.15) is 34.7 Å². The maximum Gasteiger partial charge on any atom is 0.282 e. The molecule has 2 N–H and O–H groups in total. The number of nitrogens with zero attached hydrogens (tertiary/aromatic N) is 1. The third-order valence-corrected chi connectivity index (χ3v) is 5.83. The van der Waals surface area contributed by atoms with Gasteiger partial charge in [-0.25, -0.2) is 4.90 Å². The Morgan fingerprint density at radius 1 is 0.765 bits per heavy atom. The lowest BCUT2D eigenvalue weighted by molar-refractivity contribution is -0.120. The van der Waals surface area contributed by atoms with Crippen LogP contribution < -0.4 is 15.5 Å². The van der Waals surface area contributed by atoms with Gasteiger partial charge in [0.25, 0.3) is 11.8 Å². The first kappa shape index (κ1) is 23.0. The van der Waals surface area contributed by atoms with E-state index in [2.05, 4.69) is 10.6 Å². The van der Waals surface area contributed by atoms with Gasteiger partial charge in [-0.15, -0.1) is 0 Å². The van der Waals surface area contributed by atoms with Gasteiger partial charge in [0.15, 0.2) is 0 Å². The average molecular weight is 454 g/mol. The molecule has 4 rings (SSSR count). The average Bonchev–Trinajstić information content (AvgIpc) is 3.01. The van der Waals surface area contributed by atoms with E-state index in [0.29, 0.717) is 22.5 Å². The molecule has 0 atom stereocenters. The van der Waals surface area contributed by atoms with Crippen LogP contribution in [-0.4, -0.2) is 17.7 Å². The Morgan fingerprint density at radius 2 is 1.41 bits per heavy atom. The number of amides is 3. The van der Waals surface area contributed by atoms with Gasteiger partial charge in [0, 0.05) is 18.3 Å². The van der Waals surface area contributed by atoms with E-state index < -0.39 is 11.8 Å². The number of nitrogens with one attached hydrogen (secondary N) is 2. The molecule has 0 aromatic heterocycles. The van der Waals surface area contributed by atoms with Crippen LogP contribution in [0.3, 0.4) is 0 Å². The van der Waals surface area contributed by atoms with Gasteiger partial charge in [-0.3, -0.25) is 14.4 Å². The van der Waals surface area contributed by atoms with Crippen LogP contribution in [0.2, 0.25) is 0 Å². The van der Waals surface area contributed by atoms with Gasteiger partial charge in [0.05, 0.1) is 11.3 Å². The van der Waals surface area contributed by atoms with Crippen LogP contribution in [0.15, 0.2) is 66.4 Å². The summed E-state index contributed by atoms with van der Waals surface area (Å²) in [7, 11) is 0. The number of rotatable bonds is 5. The fourth-order valence-electron chi connectivity index (χ4n) is 4.13. The second kappa shape index (κ2) is 8.98. The molecule has 0 radical (unpaired) electrons. The first-order valence-corrected chi connectivity index (χ1v) is 11.1. The minimum Gasteiger partial charge on any atom is -0.350 e. The predicted octanol–water partition coefficient (Wildman–Crippen LogP) is 5.28. The molecule has 6 nitrogen and oxygen atoms in total. The van der Waals surface area contributed by atoms with Crippen molar-refractivity contribution in [2.24, 2.45) is 0 Å². The third kappa shape index (κ3) is 4.35. The lowest BCUT2D eigenvalue weighted by atomic mass is 9.97. The van der Waals surface area contributed by atoms with Crippen molar-refractivity contribution in [3.05, 3.63) is 94.2 Å². The zero-order chi connectivity index (χ0) is 24.6. The Balaban J connectivity index is 1.81. The van der Waals surface area contributed by atoms with E-state index in [-0.39, 0.29) is 11.6 Å². The number of carbonyl (C=O) groups excluding carboxylic acids is 3. The summed E-state index contributed by atoms with van der Waals surface area (Å²) < 4.78 is 0. The molecule has 6 heteroatoms. The minimum absolute atomic E-state index is 0.195.